The van der Waals surface area contributed by atoms with Crippen LogP contribution in [0.5, 0.6) is 0 Å². The zero-order valence-electron chi connectivity index (χ0n) is 37.7. The van der Waals surface area contributed by atoms with Crippen LogP contribution in [-0.4, -0.2) is 138 Å². The van der Waals surface area contributed by atoms with E-state index in [9.17, 15) is 33.6 Å². The highest BCUT2D eigenvalue weighted by molar-refractivity contribution is 5.81. The molecule has 0 aromatic rings. The summed E-state index contributed by atoms with van der Waals surface area (Å²) in [5.41, 5.74) is 0. The van der Waals surface area contributed by atoms with Crippen LogP contribution in [0.2, 0.25) is 0 Å². The standard InChI is InChI=1S/C43H77N3O13/c1-29(2)37(47)11-17-54-23-34(24-55-18-12-38(48)30(3)4)44-41(51)15-21-58-27-36(46-43(53)33(9)10)28-59-22-16-42(52)45-35(25-56-19-13-39(49)31(5)6)26-57-20-14-40(50)32(7)8/h29-36H,11-28H2,1-10H3,(H,44,51)(H,45,52)(H,46,53). The summed E-state index contributed by atoms with van der Waals surface area (Å²) in [5, 5.41) is 8.62. The Morgan fingerprint density at radius 3 is 0.763 bits per heavy atom. The van der Waals surface area contributed by atoms with Gasteiger partial charge in [0.05, 0.1) is 97.4 Å². The lowest BCUT2D eigenvalue weighted by Crippen LogP contribution is -2.44. The Hall–Kier alpha value is -3.15. The molecule has 3 amide bonds. The fourth-order valence-electron chi connectivity index (χ4n) is 4.89. The maximum Gasteiger partial charge on any atom is 0.222 e. The number of amides is 3. The number of ether oxygens (including phenoxy) is 6. The van der Waals surface area contributed by atoms with Crippen LogP contribution in [0.3, 0.4) is 0 Å². The molecule has 0 aliphatic rings. The highest BCUT2D eigenvalue weighted by Gasteiger charge is 2.20. The van der Waals surface area contributed by atoms with Crippen LogP contribution < -0.4 is 16.0 Å². The number of ketones is 4. The molecule has 0 heterocycles. The number of hydrogen-bond acceptors (Lipinski definition) is 13. The summed E-state index contributed by atoms with van der Waals surface area (Å²) >= 11 is 0. The fourth-order valence-corrected chi connectivity index (χ4v) is 4.89. The van der Waals surface area contributed by atoms with Crippen molar-refractivity contribution in [2.24, 2.45) is 29.6 Å². The lowest BCUT2D eigenvalue weighted by Gasteiger charge is -2.21. The van der Waals surface area contributed by atoms with Gasteiger partial charge in [0.1, 0.15) is 23.1 Å². The van der Waals surface area contributed by atoms with E-state index in [4.69, 9.17) is 28.4 Å². The van der Waals surface area contributed by atoms with Crippen molar-refractivity contribution in [3.63, 3.8) is 0 Å². The first kappa shape index (κ1) is 55.9. The normalized spacial score (nSPS) is 11.8. The van der Waals surface area contributed by atoms with E-state index in [1.165, 1.54) is 0 Å². The van der Waals surface area contributed by atoms with Gasteiger partial charge in [0.2, 0.25) is 17.7 Å². The minimum atomic E-state index is -0.552. The Morgan fingerprint density at radius 1 is 0.322 bits per heavy atom. The summed E-state index contributed by atoms with van der Waals surface area (Å²) in [7, 11) is 0. The van der Waals surface area contributed by atoms with Crippen LogP contribution in [0.1, 0.15) is 108 Å². The molecular formula is C43H77N3O13. The first-order chi connectivity index (χ1) is 27.8. The third-order valence-electron chi connectivity index (χ3n) is 9.01. The molecule has 0 rings (SSSR count). The summed E-state index contributed by atoms with van der Waals surface area (Å²) in [5.74, 6) is -1.18. The minimum Gasteiger partial charge on any atom is -0.379 e. The van der Waals surface area contributed by atoms with Gasteiger partial charge in [-0.05, 0) is 0 Å². The van der Waals surface area contributed by atoms with E-state index in [0.717, 1.165) is 0 Å². The van der Waals surface area contributed by atoms with Crippen LogP contribution >= 0.6 is 0 Å². The Kier molecular flexibility index (Phi) is 31.8. The molecule has 0 aliphatic carbocycles. The summed E-state index contributed by atoms with van der Waals surface area (Å²) < 4.78 is 34.2. The topological polar surface area (TPSA) is 211 Å². The van der Waals surface area contributed by atoms with Gasteiger partial charge in [0.25, 0.3) is 0 Å². The molecule has 0 saturated heterocycles. The monoisotopic (exact) mass is 844 g/mol. The molecule has 0 radical (unpaired) electrons. The van der Waals surface area contributed by atoms with Gasteiger partial charge in [0, 0.05) is 68.1 Å². The van der Waals surface area contributed by atoms with Gasteiger partial charge in [0.15, 0.2) is 0 Å². The van der Waals surface area contributed by atoms with Crippen molar-refractivity contribution in [2.75, 3.05) is 79.3 Å². The molecule has 0 aromatic carbocycles. The molecule has 0 atom stereocenters. The molecule has 59 heavy (non-hydrogen) atoms. The van der Waals surface area contributed by atoms with Gasteiger partial charge in [-0.15, -0.1) is 0 Å². The predicted octanol–water partition coefficient (Wildman–Crippen LogP) is 3.44. The van der Waals surface area contributed by atoms with Crippen LogP contribution in [0.25, 0.3) is 0 Å². The molecule has 0 aliphatic heterocycles. The molecular weight excluding hydrogens is 766 g/mol. The first-order valence-corrected chi connectivity index (χ1v) is 21.3. The molecule has 0 saturated carbocycles. The molecule has 16 heteroatoms. The van der Waals surface area contributed by atoms with Crippen molar-refractivity contribution in [3.05, 3.63) is 0 Å². The largest absolute Gasteiger partial charge is 0.379 e. The summed E-state index contributed by atoms with van der Waals surface area (Å²) in [6.45, 7) is 19.7. The Labute approximate surface area is 353 Å². The number of hydrogen-bond donors (Lipinski definition) is 3. The zero-order valence-corrected chi connectivity index (χ0v) is 37.7. The Balaban J connectivity index is 5.04. The summed E-state index contributed by atoms with van der Waals surface area (Å²) in [4.78, 5) is 86.0. The summed E-state index contributed by atoms with van der Waals surface area (Å²) in [6, 6.07) is -1.57. The average molecular weight is 844 g/mol. The second-order valence-electron chi connectivity index (χ2n) is 16.3. The second kappa shape index (κ2) is 33.6. The Morgan fingerprint density at radius 2 is 0.542 bits per heavy atom. The summed E-state index contributed by atoms with van der Waals surface area (Å²) in [6.07, 6.45) is 1.08. The van der Waals surface area contributed by atoms with Crippen molar-refractivity contribution in [3.8, 4) is 0 Å². The van der Waals surface area contributed by atoms with E-state index in [1.807, 2.05) is 55.4 Å². The van der Waals surface area contributed by atoms with E-state index in [-0.39, 0.29) is 188 Å². The molecule has 0 unspecified atom stereocenters. The van der Waals surface area contributed by atoms with Crippen molar-refractivity contribution in [1.29, 1.82) is 0 Å². The van der Waals surface area contributed by atoms with Crippen LogP contribution in [0, 0.1) is 29.6 Å². The predicted molar refractivity (Wildman–Crippen MR) is 223 cm³/mol. The van der Waals surface area contributed by atoms with E-state index < -0.39 is 18.1 Å². The van der Waals surface area contributed by atoms with Gasteiger partial charge >= 0.3 is 0 Å². The van der Waals surface area contributed by atoms with Crippen LogP contribution in [-0.2, 0) is 62.0 Å². The molecule has 342 valence electrons. The molecule has 0 aromatic heterocycles. The maximum absolute atomic E-state index is 12.8. The number of carbonyl (C=O) groups is 7. The molecule has 3 N–H and O–H groups in total. The van der Waals surface area contributed by atoms with Gasteiger partial charge in [-0.2, -0.15) is 0 Å². The van der Waals surface area contributed by atoms with E-state index in [2.05, 4.69) is 16.0 Å². The van der Waals surface area contributed by atoms with Gasteiger partial charge < -0.3 is 44.4 Å². The minimum absolute atomic E-state index is 0.0106. The average Bonchev–Trinajstić information content (AvgIpc) is 3.17. The zero-order chi connectivity index (χ0) is 44.8. The van der Waals surface area contributed by atoms with Crippen molar-refractivity contribution >= 4 is 40.9 Å². The number of rotatable bonds is 38. The lowest BCUT2D eigenvalue weighted by molar-refractivity contribution is -0.127. The Bertz CT molecular complexity index is 1100. The highest BCUT2D eigenvalue weighted by atomic mass is 16.5. The molecule has 0 fully saturated rings. The maximum atomic E-state index is 12.8. The third-order valence-corrected chi connectivity index (χ3v) is 9.01. The molecule has 0 bridgehead atoms. The molecule has 0 spiro atoms. The van der Waals surface area contributed by atoms with E-state index >= 15 is 0 Å². The van der Waals surface area contributed by atoms with E-state index in [1.54, 1.807) is 13.8 Å². The first-order valence-electron chi connectivity index (χ1n) is 21.3. The smallest absolute Gasteiger partial charge is 0.222 e. The second-order valence-corrected chi connectivity index (χ2v) is 16.3. The number of nitrogens with one attached hydrogen (secondary N) is 3. The third kappa shape index (κ3) is 30.5. The van der Waals surface area contributed by atoms with Crippen LogP contribution in [0.4, 0.5) is 0 Å². The lowest BCUT2D eigenvalue weighted by atomic mass is 10.1. The number of carbonyl (C=O) groups excluding carboxylic acids is 7. The van der Waals surface area contributed by atoms with Gasteiger partial charge in [-0.25, -0.2) is 0 Å². The highest BCUT2D eigenvalue weighted by Crippen LogP contribution is 2.05. The van der Waals surface area contributed by atoms with Crippen molar-refractivity contribution < 1.29 is 62.0 Å². The van der Waals surface area contributed by atoms with Crippen molar-refractivity contribution in [2.45, 2.75) is 126 Å². The fraction of sp³-hybridized carbons (Fsp3) is 0.837. The van der Waals surface area contributed by atoms with Gasteiger partial charge in [-0.3, -0.25) is 33.6 Å². The molecule has 16 nitrogen and oxygen atoms in total. The number of Topliss-reactive ketones (excluding diaryl/α,β-unsaturated/α-hetero) is 4. The SMILES string of the molecule is CC(C)C(=O)CCOCC(COCCC(=O)C(C)C)NC(=O)CCOCC(COCCC(=O)NC(COCCC(=O)C(C)C)COCCC(=O)C(C)C)NC(=O)C(C)C. The van der Waals surface area contributed by atoms with E-state index in [0.29, 0.717) is 0 Å². The van der Waals surface area contributed by atoms with Crippen LogP contribution in [0.15, 0.2) is 0 Å². The van der Waals surface area contributed by atoms with Gasteiger partial charge in [-0.1, -0.05) is 69.2 Å². The quantitative estimate of drug-likeness (QED) is 0.0762. The van der Waals surface area contributed by atoms with Crippen molar-refractivity contribution in [1.82, 2.24) is 16.0 Å².